The summed E-state index contributed by atoms with van der Waals surface area (Å²) >= 11 is 0. The van der Waals surface area contributed by atoms with E-state index in [1.165, 1.54) is 0 Å². The minimum atomic E-state index is -0.134. The second kappa shape index (κ2) is 8.34. The topological polar surface area (TPSA) is 87.3 Å². The number of methoxy groups -OCH3 is 1. The van der Waals surface area contributed by atoms with E-state index in [0.29, 0.717) is 36.5 Å². The molecule has 0 spiro atoms. The number of anilines is 1. The number of para-hydroxylation sites is 1. The molecule has 1 aromatic heterocycles. The van der Waals surface area contributed by atoms with Gasteiger partial charge in [-0.1, -0.05) is 24.3 Å². The van der Waals surface area contributed by atoms with Crippen LogP contribution in [0.3, 0.4) is 0 Å². The average Bonchev–Trinajstić information content (AvgIpc) is 2.78. The van der Waals surface area contributed by atoms with Crippen LogP contribution >= 0.6 is 0 Å². The van der Waals surface area contributed by atoms with Gasteiger partial charge in [0.05, 0.1) is 18.0 Å². The molecule has 0 unspecified atom stereocenters. The van der Waals surface area contributed by atoms with Crippen molar-refractivity contribution in [3.05, 3.63) is 64.4 Å². The molecule has 1 aliphatic rings. The molecule has 3 aromatic rings. The highest BCUT2D eigenvalue weighted by Crippen LogP contribution is 2.21. The van der Waals surface area contributed by atoms with Crippen molar-refractivity contribution in [3.63, 3.8) is 0 Å². The molecule has 2 N–H and O–H groups in total. The van der Waals surface area contributed by atoms with Crippen LogP contribution in [0.15, 0.2) is 53.3 Å². The number of piperidine rings is 1. The molecule has 0 aliphatic carbocycles. The Morgan fingerprint density at radius 2 is 1.90 bits per heavy atom. The average molecular weight is 392 g/mol. The SMILES string of the molecule is COc1ccc(CNC(=O)C2CCN(c3nc4ccccc4c(=O)[nH]3)CC2)cc1. The summed E-state index contributed by atoms with van der Waals surface area (Å²) in [4.78, 5) is 34.3. The number of H-pyrrole nitrogens is 1. The molecule has 0 atom stereocenters. The molecule has 4 rings (SSSR count). The van der Waals surface area contributed by atoms with Crippen molar-refractivity contribution >= 4 is 22.8 Å². The quantitative estimate of drug-likeness (QED) is 0.697. The highest BCUT2D eigenvalue weighted by molar-refractivity contribution is 5.79. The lowest BCUT2D eigenvalue weighted by Gasteiger charge is -2.31. The van der Waals surface area contributed by atoms with Gasteiger partial charge in [0, 0.05) is 25.6 Å². The molecule has 0 bridgehead atoms. The van der Waals surface area contributed by atoms with Gasteiger partial charge in [-0.05, 0) is 42.7 Å². The number of benzene rings is 2. The molecule has 1 saturated heterocycles. The molecule has 7 nitrogen and oxygen atoms in total. The molecule has 1 fully saturated rings. The third-order valence-electron chi connectivity index (χ3n) is 5.39. The molecular weight excluding hydrogens is 368 g/mol. The highest BCUT2D eigenvalue weighted by atomic mass is 16.5. The highest BCUT2D eigenvalue weighted by Gasteiger charge is 2.26. The maximum atomic E-state index is 12.5. The van der Waals surface area contributed by atoms with Gasteiger partial charge in [-0.25, -0.2) is 4.98 Å². The first-order chi connectivity index (χ1) is 14.1. The van der Waals surface area contributed by atoms with E-state index in [0.717, 1.165) is 24.2 Å². The van der Waals surface area contributed by atoms with Crippen LogP contribution in [0.1, 0.15) is 18.4 Å². The number of fused-ring (bicyclic) bond motifs is 1. The van der Waals surface area contributed by atoms with Gasteiger partial charge in [0.25, 0.3) is 5.56 Å². The Labute approximate surface area is 168 Å². The van der Waals surface area contributed by atoms with Crippen molar-refractivity contribution < 1.29 is 9.53 Å². The van der Waals surface area contributed by atoms with Crippen molar-refractivity contribution in [2.75, 3.05) is 25.1 Å². The van der Waals surface area contributed by atoms with Crippen LogP contribution in [0.4, 0.5) is 5.95 Å². The molecular formula is C22H24N4O3. The summed E-state index contributed by atoms with van der Waals surface area (Å²) in [7, 11) is 1.63. The molecule has 150 valence electrons. The number of aromatic nitrogens is 2. The third kappa shape index (κ3) is 4.23. The second-order valence-electron chi connectivity index (χ2n) is 7.23. The summed E-state index contributed by atoms with van der Waals surface area (Å²) in [6, 6.07) is 15.0. The van der Waals surface area contributed by atoms with E-state index in [9.17, 15) is 9.59 Å². The predicted molar refractivity (Wildman–Crippen MR) is 112 cm³/mol. The Morgan fingerprint density at radius 1 is 1.17 bits per heavy atom. The Morgan fingerprint density at radius 3 is 2.62 bits per heavy atom. The lowest BCUT2D eigenvalue weighted by Crippen LogP contribution is -2.41. The lowest BCUT2D eigenvalue weighted by molar-refractivity contribution is -0.125. The van der Waals surface area contributed by atoms with Crippen LogP contribution in [-0.4, -0.2) is 36.1 Å². The molecule has 29 heavy (non-hydrogen) atoms. The minimum absolute atomic E-state index is 0.0309. The largest absolute Gasteiger partial charge is 0.497 e. The van der Waals surface area contributed by atoms with Gasteiger partial charge in [0.2, 0.25) is 11.9 Å². The van der Waals surface area contributed by atoms with Crippen molar-refractivity contribution in [2.45, 2.75) is 19.4 Å². The number of aromatic amines is 1. The fourth-order valence-corrected chi connectivity index (χ4v) is 3.65. The van der Waals surface area contributed by atoms with Gasteiger partial charge in [-0.2, -0.15) is 0 Å². The Kier molecular flexibility index (Phi) is 5.46. The van der Waals surface area contributed by atoms with E-state index in [1.807, 2.05) is 47.4 Å². The van der Waals surface area contributed by atoms with Gasteiger partial charge in [0.15, 0.2) is 0 Å². The van der Waals surface area contributed by atoms with Gasteiger partial charge in [0.1, 0.15) is 5.75 Å². The van der Waals surface area contributed by atoms with Crippen LogP contribution in [0.25, 0.3) is 10.9 Å². The maximum Gasteiger partial charge on any atom is 0.260 e. The van der Waals surface area contributed by atoms with Crippen LogP contribution in [-0.2, 0) is 11.3 Å². The zero-order chi connectivity index (χ0) is 20.2. The molecule has 2 heterocycles. The lowest BCUT2D eigenvalue weighted by atomic mass is 9.96. The fraction of sp³-hybridized carbons (Fsp3) is 0.318. The number of nitrogens with one attached hydrogen (secondary N) is 2. The van der Waals surface area contributed by atoms with Gasteiger partial charge >= 0.3 is 0 Å². The first kappa shape index (κ1) is 19.0. The number of amides is 1. The summed E-state index contributed by atoms with van der Waals surface area (Å²) < 4.78 is 5.15. The number of carbonyl (C=O) groups is 1. The zero-order valence-electron chi connectivity index (χ0n) is 16.4. The summed E-state index contributed by atoms with van der Waals surface area (Å²) in [5.74, 6) is 1.41. The van der Waals surface area contributed by atoms with Crippen molar-refractivity contribution in [2.24, 2.45) is 5.92 Å². The summed E-state index contributed by atoms with van der Waals surface area (Å²) in [6.45, 7) is 1.87. The van der Waals surface area contributed by atoms with Crippen molar-refractivity contribution in [1.29, 1.82) is 0 Å². The molecule has 1 amide bonds. The van der Waals surface area contributed by atoms with E-state index in [2.05, 4.69) is 15.3 Å². The number of rotatable bonds is 5. The van der Waals surface area contributed by atoms with Gasteiger partial charge in [-0.3, -0.25) is 14.6 Å². The van der Waals surface area contributed by atoms with Crippen LogP contribution in [0.2, 0.25) is 0 Å². The van der Waals surface area contributed by atoms with E-state index in [1.54, 1.807) is 13.2 Å². The third-order valence-corrected chi connectivity index (χ3v) is 5.39. The predicted octanol–water partition coefficient (Wildman–Crippen LogP) is 2.46. The van der Waals surface area contributed by atoms with E-state index >= 15 is 0 Å². The first-order valence-electron chi connectivity index (χ1n) is 9.78. The summed E-state index contributed by atoms with van der Waals surface area (Å²) in [5.41, 5.74) is 1.59. The Hall–Kier alpha value is -3.35. The number of nitrogens with zero attached hydrogens (tertiary/aromatic N) is 2. The normalized spacial score (nSPS) is 14.7. The van der Waals surface area contributed by atoms with E-state index in [-0.39, 0.29) is 17.4 Å². The smallest absolute Gasteiger partial charge is 0.260 e. The Bertz CT molecular complexity index is 1050. The Balaban J connectivity index is 1.34. The summed E-state index contributed by atoms with van der Waals surface area (Å²) in [6.07, 6.45) is 1.45. The zero-order valence-corrected chi connectivity index (χ0v) is 16.4. The molecule has 0 radical (unpaired) electrons. The van der Waals surface area contributed by atoms with Crippen LogP contribution < -0.4 is 20.5 Å². The minimum Gasteiger partial charge on any atom is -0.497 e. The number of carbonyl (C=O) groups excluding carboxylic acids is 1. The first-order valence-corrected chi connectivity index (χ1v) is 9.78. The van der Waals surface area contributed by atoms with E-state index < -0.39 is 0 Å². The van der Waals surface area contributed by atoms with Crippen LogP contribution in [0.5, 0.6) is 5.75 Å². The molecule has 0 saturated carbocycles. The van der Waals surface area contributed by atoms with Crippen molar-refractivity contribution in [3.8, 4) is 5.75 Å². The number of hydrogen-bond donors (Lipinski definition) is 2. The second-order valence-corrected chi connectivity index (χ2v) is 7.23. The van der Waals surface area contributed by atoms with Gasteiger partial charge < -0.3 is 15.0 Å². The maximum absolute atomic E-state index is 12.5. The number of hydrogen-bond acceptors (Lipinski definition) is 5. The standard InChI is InChI=1S/C22H24N4O3/c1-29-17-8-6-15(7-9-17)14-23-20(27)16-10-12-26(13-11-16)22-24-19-5-3-2-4-18(19)21(28)25-22/h2-9,16H,10-14H2,1H3,(H,23,27)(H,24,25,28). The molecule has 2 aromatic carbocycles. The van der Waals surface area contributed by atoms with Crippen molar-refractivity contribution in [1.82, 2.24) is 15.3 Å². The molecule has 1 aliphatic heterocycles. The fourth-order valence-electron chi connectivity index (χ4n) is 3.65. The summed E-state index contributed by atoms with van der Waals surface area (Å²) in [5, 5.41) is 3.61. The molecule has 7 heteroatoms. The monoisotopic (exact) mass is 392 g/mol. The van der Waals surface area contributed by atoms with Crippen LogP contribution in [0, 0.1) is 5.92 Å². The van der Waals surface area contributed by atoms with Gasteiger partial charge in [-0.15, -0.1) is 0 Å². The number of ether oxygens (including phenoxy) is 1. The van der Waals surface area contributed by atoms with E-state index in [4.69, 9.17) is 4.74 Å².